The van der Waals surface area contributed by atoms with E-state index >= 15 is 0 Å². The summed E-state index contributed by atoms with van der Waals surface area (Å²) in [5.74, 6) is 1.02. The highest BCUT2D eigenvalue weighted by Crippen LogP contribution is 2.25. The minimum atomic E-state index is 0.254. The lowest BCUT2D eigenvalue weighted by atomic mass is 9.96. The molecule has 0 bridgehead atoms. The Morgan fingerprint density at radius 3 is 2.65 bits per heavy atom. The molecule has 0 aliphatic heterocycles. The predicted molar refractivity (Wildman–Crippen MR) is 67.8 cm³/mol. The minimum Gasteiger partial charge on any atom is -0.396 e. The highest BCUT2D eigenvalue weighted by molar-refractivity contribution is 5.26. The second-order valence-corrected chi connectivity index (χ2v) is 4.92. The number of aliphatic hydroxyl groups excluding tert-OH is 1. The zero-order valence-corrected chi connectivity index (χ0v) is 10.4. The van der Waals surface area contributed by atoms with Crippen LogP contribution in [-0.2, 0) is 0 Å². The topological polar surface area (TPSA) is 58.0 Å². The Bertz CT molecular complexity index is 339. The van der Waals surface area contributed by atoms with Gasteiger partial charge in [-0.15, -0.1) is 0 Å². The molecule has 17 heavy (non-hydrogen) atoms. The number of hydrogen-bond acceptors (Lipinski definition) is 4. The van der Waals surface area contributed by atoms with E-state index in [1.54, 1.807) is 0 Å². The molecule has 2 N–H and O–H groups in total. The van der Waals surface area contributed by atoms with Crippen LogP contribution >= 0.6 is 0 Å². The van der Waals surface area contributed by atoms with Crippen molar-refractivity contribution in [3.63, 3.8) is 0 Å². The van der Waals surface area contributed by atoms with E-state index in [0.717, 1.165) is 18.4 Å². The van der Waals surface area contributed by atoms with Crippen molar-refractivity contribution in [2.75, 3.05) is 11.9 Å². The van der Waals surface area contributed by atoms with Crippen LogP contribution in [0.2, 0.25) is 0 Å². The maximum atomic E-state index is 9.43. The van der Waals surface area contributed by atoms with E-state index in [-0.39, 0.29) is 6.61 Å². The molecule has 0 amide bonds. The molecule has 1 saturated carbocycles. The van der Waals surface area contributed by atoms with Crippen molar-refractivity contribution in [1.82, 2.24) is 9.97 Å². The summed E-state index contributed by atoms with van der Waals surface area (Å²) in [6, 6.07) is 0.310. The van der Waals surface area contributed by atoms with Crippen LogP contribution in [0.4, 0.5) is 5.95 Å². The smallest absolute Gasteiger partial charge is 0.222 e. The van der Waals surface area contributed by atoms with Gasteiger partial charge >= 0.3 is 0 Å². The van der Waals surface area contributed by atoms with Crippen molar-refractivity contribution in [1.29, 1.82) is 0 Å². The Hall–Kier alpha value is -1.16. The van der Waals surface area contributed by atoms with E-state index in [9.17, 15) is 5.11 Å². The fraction of sp³-hybridized carbons (Fsp3) is 0.692. The quantitative estimate of drug-likeness (QED) is 0.788. The molecular weight excluding hydrogens is 214 g/mol. The van der Waals surface area contributed by atoms with Gasteiger partial charge in [0.05, 0.1) is 0 Å². The number of anilines is 1. The molecule has 0 spiro atoms. The van der Waals surface area contributed by atoms with Crippen LogP contribution in [0, 0.1) is 12.8 Å². The average molecular weight is 235 g/mol. The monoisotopic (exact) mass is 235 g/mol. The van der Waals surface area contributed by atoms with Gasteiger partial charge in [0.1, 0.15) is 0 Å². The van der Waals surface area contributed by atoms with Gasteiger partial charge in [0.2, 0.25) is 5.95 Å². The number of aromatic nitrogens is 2. The molecule has 1 aromatic rings. The maximum absolute atomic E-state index is 9.43. The van der Waals surface area contributed by atoms with Crippen LogP contribution in [0.3, 0.4) is 0 Å². The third kappa shape index (κ3) is 3.40. The van der Waals surface area contributed by atoms with E-state index in [2.05, 4.69) is 15.3 Å². The first kappa shape index (κ1) is 12.3. The zero-order chi connectivity index (χ0) is 12.1. The van der Waals surface area contributed by atoms with Gasteiger partial charge in [-0.1, -0.05) is 19.3 Å². The van der Waals surface area contributed by atoms with Crippen molar-refractivity contribution >= 4 is 5.95 Å². The fourth-order valence-corrected chi connectivity index (χ4v) is 2.43. The van der Waals surface area contributed by atoms with Crippen molar-refractivity contribution in [2.24, 2.45) is 5.92 Å². The lowest BCUT2D eigenvalue weighted by Crippen LogP contribution is -2.31. The van der Waals surface area contributed by atoms with E-state index < -0.39 is 0 Å². The van der Waals surface area contributed by atoms with Crippen LogP contribution in [0.25, 0.3) is 0 Å². The Kier molecular flexibility index (Phi) is 4.31. The van der Waals surface area contributed by atoms with Crippen LogP contribution in [0.15, 0.2) is 12.4 Å². The lowest BCUT2D eigenvalue weighted by molar-refractivity contribution is 0.203. The first-order valence-corrected chi connectivity index (χ1v) is 6.45. The maximum Gasteiger partial charge on any atom is 0.222 e. The molecule has 4 nitrogen and oxygen atoms in total. The van der Waals surface area contributed by atoms with Crippen LogP contribution in [-0.4, -0.2) is 27.7 Å². The van der Waals surface area contributed by atoms with Gasteiger partial charge in [-0.05, 0) is 25.3 Å². The third-order valence-corrected chi connectivity index (χ3v) is 3.49. The van der Waals surface area contributed by atoms with Crippen LogP contribution in [0.1, 0.15) is 37.7 Å². The zero-order valence-electron chi connectivity index (χ0n) is 10.4. The van der Waals surface area contributed by atoms with Gasteiger partial charge in [-0.25, -0.2) is 9.97 Å². The predicted octanol–water partition coefficient (Wildman–Crippen LogP) is 2.14. The summed E-state index contributed by atoms with van der Waals surface area (Å²) >= 11 is 0. The van der Waals surface area contributed by atoms with E-state index in [1.165, 1.54) is 19.3 Å². The van der Waals surface area contributed by atoms with E-state index in [4.69, 9.17) is 0 Å². The van der Waals surface area contributed by atoms with Crippen molar-refractivity contribution < 1.29 is 5.11 Å². The number of nitrogens with zero attached hydrogens (tertiary/aromatic N) is 2. The number of aliphatic hydroxyl groups is 1. The summed E-state index contributed by atoms with van der Waals surface area (Å²) in [4.78, 5) is 8.54. The second-order valence-electron chi connectivity index (χ2n) is 4.92. The molecule has 0 radical (unpaired) electrons. The molecule has 94 valence electrons. The number of hydrogen-bond donors (Lipinski definition) is 2. The summed E-state index contributed by atoms with van der Waals surface area (Å²) < 4.78 is 0. The molecule has 1 heterocycles. The van der Waals surface area contributed by atoms with E-state index in [1.807, 2.05) is 19.3 Å². The summed E-state index contributed by atoms with van der Waals surface area (Å²) in [6.07, 6.45) is 9.55. The molecule has 0 aromatic carbocycles. The Morgan fingerprint density at radius 1 is 1.24 bits per heavy atom. The first-order chi connectivity index (χ1) is 8.29. The molecular formula is C13H21N3O. The van der Waals surface area contributed by atoms with Gasteiger partial charge in [-0.2, -0.15) is 0 Å². The molecule has 2 rings (SSSR count). The van der Waals surface area contributed by atoms with Crippen LogP contribution in [0.5, 0.6) is 0 Å². The lowest BCUT2D eigenvalue weighted by Gasteiger charge is -2.24. The highest BCUT2D eigenvalue weighted by Gasteiger charge is 2.23. The molecule has 1 aliphatic rings. The normalized spacial score (nSPS) is 25.3. The molecule has 1 fully saturated rings. The van der Waals surface area contributed by atoms with Crippen molar-refractivity contribution in [3.8, 4) is 0 Å². The average Bonchev–Trinajstić information content (AvgIpc) is 2.57. The van der Waals surface area contributed by atoms with Crippen LogP contribution < -0.4 is 5.32 Å². The molecule has 2 unspecified atom stereocenters. The molecule has 4 heteroatoms. The standard InChI is InChI=1S/C13H21N3O/c1-10-7-14-13(15-8-10)16-12-6-4-2-3-5-11(12)9-17/h7-8,11-12,17H,2-6,9H2,1H3,(H,14,15,16). The van der Waals surface area contributed by atoms with Crippen molar-refractivity contribution in [3.05, 3.63) is 18.0 Å². The van der Waals surface area contributed by atoms with Crippen molar-refractivity contribution in [2.45, 2.75) is 45.1 Å². The molecule has 0 saturated heterocycles. The van der Waals surface area contributed by atoms with Gasteiger partial charge < -0.3 is 10.4 Å². The summed E-state index contributed by atoms with van der Waals surface area (Å²) in [6.45, 7) is 2.23. The third-order valence-electron chi connectivity index (χ3n) is 3.49. The Balaban J connectivity index is 2.01. The first-order valence-electron chi connectivity index (χ1n) is 6.45. The SMILES string of the molecule is Cc1cnc(NC2CCCCCC2CO)nc1. The Labute approximate surface area is 102 Å². The summed E-state index contributed by atoms with van der Waals surface area (Å²) in [7, 11) is 0. The second kappa shape index (κ2) is 5.96. The highest BCUT2D eigenvalue weighted by atomic mass is 16.3. The number of rotatable bonds is 3. The Morgan fingerprint density at radius 2 is 1.94 bits per heavy atom. The van der Waals surface area contributed by atoms with Gasteiger partial charge in [0, 0.05) is 31.0 Å². The van der Waals surface area contributed by atoms with Gasteiger partial charge in [0.15, 0.2) is 0 Å². The summed E-state index contributed by atoms with van der Waals surface area (Å²) in [5, 5.41) is 12.8. The molecule has 1 aliphatic carbocycles. The molecule has 2 atom stereocenters. The van der Waals surface area contributed by atoms with Gasteiger partial charge in [0.25, 0.3) is 0 Å². The van der Waals surface area contributed by atoms with E-state index in [0.29, 0.717) is 17.9 Å². The summed E-state index contributed by atoms with van der Waals surface area (Å²) in [5.41, 5.74) is 1.06. The minimum absolute atomic E-state index is 0.254. The largest absolute Gasteiger partial charge is 0.396 e. The number of nitrogens with one attached hydrogen (secondary N) is 1. The van der Waals surface area contributed by atoms with Gasteiger partial charge in [-0.3, -0.25) is 0 Å². The fourth-order valence-electron chi connectivity index (χ4n) is 2.43. The number of aryl methyl sites for hydroxylation is 1. The molecule has 1 aromatic heterocycles.